The number of imide groups is 1. The van der Waals surface area contributed by atoms with E-state index in [0.717, 1.165) is 89.4 Å². The zero-order valence-corrected chi connectivity index (χ0v) is 42.7. The molecule has 2 aromatic carbocycles. The molecule has 15 nitrogen and oxygen atoms in total. The van der Waals surface area contributed by atoms with E-state index >= 15 is 9.18 Å². The van der Waals surface area contributed by atoms with Crippen LogP contribution in [0.4, 0.5) is 21.6 Å². The van der Waals surface area contributed by atoms with E-state index in [0.29, 0.717) is 83.2 Å². The molecular formula is C57H71FN10O5. The van der Waals surface area contributed by atoms with Gasteiger partial charge in [-0.3, -0.25) is 29.3 Å². The van der Waals surface area contributed by atoms with Gasteiger partial charge in [-0.1, -0.05) is 30.7 Å². The van der Waals surface area contributed by atoms with Gasteiger partial charge in [0.25, 0.3) is 0 Å². The molecule has 7 fully saturated rings. The number of halogens is 1. The molecule has 386 valence electrons. The molecule has 2 saturated carbocycles. The van der Waals surface area contributed by atoms with E-state index in [1.54, 1.807) is 0 Å². The van der Waals surface area contributed by atoms with Gasteiger partial charge in [0.15, 0.2) is 12.1 Å². The molecule has 8 aliphatic rings. The maximum absolute atomic E-state index is 16.4. The first kappa shape index (κ1) is 48.1. The number of alkyl halides is 1. The lowest BCUT2D eigenvalue weighted by atomic mass is 9.73. The zero-order chi connectivity index (χ0) is 50.3. The van der Waals surface area contributed by atoms with Crippen molar-refractivity contribution < 1.29 is 28.4 Å². The van der Waals surface area contributed by atoms with Crippen LogP contribution in [-0.4, -0.2) is 129 Å². The Hall–Kier alpha value is -5.90. The molecule has 16 heteroatoms. The summed E-state index contributed by atoms with van der Waals surface area (Å²) in [6.45, 7) is 10.6. The van der Waals surface area contributed by atoms with Gasteiger partial charge in [-0.2, -0.15) is 0 Å². The standard InChI is InChI=1S/C57H71FN10O5/c1-34(2)66-33-59-47-32-46(61-52(51(47)66)60-40-10-11-40)38-9-15-45-48(28-38)68(43-30-42(31-43)63-21-5-4-6-22-63)56(73)57(45)19-25-65(26-20-57)54(71)39-27-35(3)67(49(58)29-39)55(72)37-17-23-64(24-18-37)41-12-7-36(8-13-41)44-14-16-50(69)62-53(44)70/h7-9,12-13,15,28,32-35,37,39-40,42-44,49H,4-6,10-11,14,16-27,29-31H2,1-3H3,(H,60,61)(H,62,69,70). The molecule has 73 heavy (non-hydrogen) atoms. The van der Waals surface area contributed by atoms with Crippen molar-refractivity contribution in [2.45, 2.75) is 165 Å². The highest BCUT2D eigenvalue weighted by molar-refractivity contribution is 6.09. The largest absolute Gasteiger partial charge is 0.371 e. The van der Waals surface area contributed by atoms with Crippen molar-refractivity contribution in [3.63, 3.8) is 0 Å². The van der Waals surface area contributed by atoms with Gasteiger partial charge in [0, 0.05) is 98.0 Å². The SMILES string of the molecule is CC1CC(C(=O)N2CCC3(CC2)C(=O)N(C2CC(N4CCCCC4)C2)c2cc(-c4cc5ncn(C(C)C)c5c(NC5CC5)n4)ccc23)CC(F)N1C(=O)C1CCN(c2ccc(C3CCC(=O)NC3=O)cc2)CC1. The predicted molar refractivity (Wildman–Crippen MR) is 278 cm³/mol. The second-order valence-corrected chi connectivity index (χ2v) is 23.1. The van der Waals surface area contributed by atoms with Crippen LogP contribution in [0.3, 0.4) is 0 Å². The predicted octanol–water partition coefficient (Wildman–Crippen LogP) is 7.84. The second kappa shape index (κ2) is 19.1. The van der Waals surface area contributed by atoms with Crippen LogP contribution in [0.25, 0.3) is 22.3 Å². The molecule has 5 amide bonds. The minimum Gasteiger partial charge on any atom is -0.371 e. The summed E-state index contributed by atoms with van der Waals surface area (Å²) in [6, 6.07) is 17.2. The minimum absolute atomic E-state index is 0.0253. The summed E-state index contributed by atoms with van der Waals surface area (Å²) >= 11 is 0. The van der Waals surface area contributed by atoms with Gasteiger partial charge >= 0.3 is 0 Å². The molecule has 2 aliphatic carbocycles. The molecule has 4 unspecified atom stereocenters. The van der Waals surface area contributed by atoms with Crippen LogP contribution in [0.1, 0.15) is 140 Å². The molecule has 4 aromatic rings. The Morgan fingerprint density at radius 2 is 1.55 bits per heavy atom. The Kier molecular flexibility index (Phi) is 12.6. The summed E-state index contributed by atoms with van der Waals surface area (Å²) in [7, 11) is 0. The van der Waals surface area contributed by atoms with Crippen molar-refractivity contribution in [2.75, 3.05) is 54.4 Å². The number of amides is 5. The topological polar surface area (TPSA) is 156 Å². The van der Waals surface area contributed by atoms with Crippen molar-refractivity contribution in [3.8, 4) is 11.3 Å². The number of piperidine rings is 5. The van der Waals surface area contributed by atoms with E-state index in [1.165, 1.54) is 24.2 Å². The van der Waals surface area contributed by atoms with Gasteiger partial charge in [-0.15, -0.1) is 0 Å². The average Bonchev–Trinajstić information content (AvgIpc) is 4.05. The summed E-state index contributed by atoms with van der Waals surface area (Å²) in [5.74, 6) is -0.944. The summed E-state index contributed by atoms with van der Waals surface area (Å²) < 4.78 is 18.6. The number of nitrogens with zero attached hydrogens (tertiary/aromatic N) is 8. The van der Waals surface area contributed by atoms with Crippen LogP contribution in [0, 0.1) is 11.8 Å². The van der Waals surface area contributed by atoms with Crippen LogP contribution in [0.15, 0.2) is 54.9 Å². The van der Waals surface area contributed by atoms with Crippen molar-refractivity contribution >= 4 is 57.8 Å². The Morgan fingerprint density at radius 1 is 0.808 bits per heavy atom. The molecule has 12 rings (SSSR count). The molecule has 0 radical (unpaired) electrons. The Morgan fingerprint density at radius 3 is 2.23 bits per heavy atom. The lowest BCUT2D eigenvalue weighted by Crippen LogP contribution is -2.59. The number of nitrogens with one attached hydrogen (secondary N) is 2. The van der Waals surface area contributed by atoms with Crippen LogP contribution >= 0.6 is 0 Å². The Balaban J connectivity index is 0.713. The Bertz CT molecular complexity index is 2790. The number of hydrogen-bond acceptors (Lipinski definition) is 10. The molecule has 0 bridgehead atoms. The summed E-state index contributed by atoms with van der Waals surface area (Å²) in [5, 5.41) is 6.12. The number of hydrogen-bond donors (Lipinski definition) is 2. The first-order chi connectivity index (χ1) is 35.3. The molecule has 1 spiro atoms. The van der Waals surface area contributed by atoms with Crippen LogP contribution in [0.5, 0.6) is 0 Å². The van der Waals surface area contributed by atoms with E-state index in [2.05, 4.69) is 68.0 Å². The van der Waals surface area contributed by atoms with Crippen LogP contribution in [0.2, 0.25) is 0 Å². The van der Waals surface area contributed by atoms with Crippen LogP contribution < -0.4 is 20.4 Å². The maximum atomic E-state index is 16.4. The monoisotopic (exact) mass is 995 g/mol. The number of anilines is 3. The number of pyridine rings is 1. The van der Waals surface area contributed by atoms with E-state index in [4.69, 9.17) is 9.97 Å². The fraction of sp³-hybridized carbons (Fsp3) is 0.596. The highest BCUT2D eigenvalue weighted by Crippen LogP contribution is 2.53. The average molecular weight is 995 g/mol. The molecule has 2 N–H and O–H groups in total. The van der Waals surface area contributed by atoms with Crippen molar-refractivity contribution in [2.24, 2.45) is 11.8 Å². The number of aromatic nitrogens is 3. The molecule has 8 heterocycles. The van der Waals surface area contributed by atoms with Gasteiger partial charge < -0.3 is 34.4 Å². The highest BCUT2D eigenvalue weighted by atomic mass is 19.1. The third-order valence-corrected chi connectivity index (χ3v) is 18.2. The smallest absolute Gasteiger partial charge is 0.238 e. The minimum atomic E-state index is -1.55. The number of fused-ring (bicyclic) bond motifs is 3. The number of likely N-dealkylation sites (tertiary alicyclic amines) is 3. The highest BCUT2D eigenvalue weighted by Gasteiger charge is 2.56. The third-order valence-electron chi connectivity index (χ3n) is 18.2. The maximum Gasteiger partial charge on any atom is 0.238 e. The van der Waals surface area contributed by atoms with E-state index in [1.807, 2.05) is 42.4 Å². The van der Waals surface area contributed by atoms with Gasteiger partial charge in [-0.05, 0) is 146 Å². The number of rotatable bonds is 10. The second-order valence-electron chi connectivity index (χ2n) is 23.1. The van der Waals surface area contributed by atoms with Crippen molar-refractivity contribution in [3.05, 3.63) is 66.0 Å². The zero-order valence-electron chi connectivity index (χ0n) is 42.7. The van der Waals surface area contributed by atoms with Crippen molar-refractivity contribution in [1.82, 2.24) is 34.6 Å². The van der Waals surface area contributed by atoms with Crippen LogP contribution in [-0.2, 0) is 29.4 Å². The van der Waals surface area contributed by atoms with Gasteiger partial charge in [0.2, 0.25) is 29.5 Å². The van der Waals surface area contributed by atoms with E-state index in [-0.39, 0.29) is 59.9 Å². The quantitative estimate of drug-likeness (QED) is 0.119. The third kappa shape index (κ3) is 8.76. The molecular weight excluding hydrogens is 924 g/mol. The lowest BCUT2D eigenvalue weighted by molar-refractivity contribution is -0.156. The lowest BCUT2D eigenvalue weighted by Gasteiger charge is -2.48. The van der Waals surface area contributed by atoms with Gasteiger partial charge in [0.1, 0.15) is 5.52 Å². The number of benzene rings is 2. The van der Waals surface area contributed by atoms with Gasteiger partial charge in [0.05, 0.1) is 28.9 Å². The fourth-order valence-corrected chi connectivity index (χ4v) is 13.8. The first-order valence-electron chi connectivity index (χ1n) is 27.6. The first-order valence-corrected chi connectivity index (χ1v) is 27.6. The summed E-state index contributed by atoms with van der Waals surface area (Å²) in [5.41, 5.74) is 6.81. The van der Waals surface area contributed by atoms with Gasteiger partial charge in [-0.25, -0.2) is 14.4 Å². The normalized spacial score (nSPS) is 27.9. The fourth-order valence-electron chi connectivity index (χ4n) is 13.8. The molecule has 4 atom stereocenters. The number of carbonyl (C=O) groups is 5. The van der Waals surface area contributed by atoms with E-state index in [9.17, 15) is 19.2 Å². The molecule has 6 aliphatic heterocycles. The number of imidazole rings is 1. The van der Waals surface area contributed by atoms with E-state index < -0.39 is 23.7 Å². The Labute approximate surface area is 427 Å². The number of carbonyl (C=O) groups excluding carboxylic acids is 5. The van der Waals surface area contributed by atoms with Crippen molar-refractivity contribution in [1.29, 1.82) is 0 Å². The summed E-state index contributed by atoms with van der Waals surface area (Å²) in [4.78, 5) is 88.1. The molecule has 2 aromatic heterocycles. The summed E-state index contributed by atoms with van der Waals surface area (Å²) in [6.07, 6.45) is 11.7. The molecule has 5 saturated heterocycles.